The SMILES string of the molecule is Cc1ccc(NC(=O)c2nc(C(=O)N3CCOCC3)c3ccccn23)c(C)c1. The Balaban J connectivity index is 1.69. The van der Waals surface area contributed by atoms with Crippen molar-refractivity contribution in [3.05, 3.63) is 65.2 Å². The molecule has 1 saturated heterocycles. The van der Waals surface area contributed by atoms with Gasteiger partial charge in [0.1, 0.15) is 0 Å². The predicted octanol–water partition coefficient (Wildman–Crippen LogP) is 2.68. The minimum Gasteiger partial charge on any atom is -0.378 e. The van der Waals surface area contributed by atoms with Crippen LogP contribution in [0.5, 0.6) is 0 Å². The number of amides is 2. The van der Waals surface area contributed by atoms with Crippen LogP contribution in [0, 0.1) is 13.8 Å². The number of fused-ring (bicyclic) bond motifs is 1. The monoisotopic (exact) mass is 378 g/mol. The van der Waals surface area contributed by atoms with Crippen molar-refractivity contribution >= 4 is 23.0 Å². The molecule has 0 saturated carbocycles. The first-order chi connectivity index (χ1) is 13.5. The number of aromatic nitrogens is 2. The van der Waals surface area contributed by atoms with Crippen molar-refractivity contribution in [2.45, 2.75) is 13.8 Å². The first kappa shape index (κ1) is 18.2. The molecular weight excluding hydrogens is 356 g/mol. The van der Waals surface area contributed by atoms with Crippen molar-refractivity contribution in [3.8, 4) is 0 Å². The molecule has 28 heavy (non-hydrogen) atoms. The van der Waals surface area contributed by atoms with Gasteiger partial charge >= 0.3 is 0 Å². The molecule has 1 aliphatic heterocycles. The highest BCUT2D eigenvalue weighted by Gasteiger charge is 2.26. The number of nitrogens with zero attached hydrogens (tertiary/aromatic N) is 3. The molecule has 7 heteroatoms. The molecule has 0 spiro atoms. The van der Waals surface area contributed by atoms with E-state index in [1.807, 2.05) is 44.2 Å². The Kier molecular flexibility index (Phi) is 4.83. The maximum atomic E-state index is 13.0. The molecule has 0 radical (unpaired) electrons. The highest BCUT2D eigenvalue weighted by Crippen LogP contribution is 2.20. The van der Waals surface area contributed by atoms with Crippen molar-refractivity contribution in [2.24, 2.45) is 0 Å². The zero-order valence-electron chi connectivity index (χ0n) is 15.9. The van der Waals surface area contributed by atoms with E-state index in [4.69, 9.17) is 4.74 Å². The van der Waals surface area contributed by atoms with Gasteiger partial charge in [-0.3, -0.25) is 14.0 Å². The maximum Gasteiger partial charge on any atom is 0.292 e. The van der Waals surface area contributed by atoms with Gasteiger partial charge in [0.25, 0.3) is 11.8 Å². The number of hydrogen-bond acceptors (Lipinski definition) is 4. The standard InChI is InChI=1S/C21H22N4O3/c1-14-6-7-16(15(2)13-14)22-20(26)19-23-18(17-5-3-4-8-25(17)19)21(27)24-9-11-28-12-10-24/h3-8,13H,9-12H2,1-2H3,(H,22,26). The minimum absolute atomic E-state index is 0.183. The molecule has 2 aromatic heterocycles. The second-order valence-corrected chi connectivity index (χ2v) is 6.92. The summed E-state index contributed by atoms with van der Waals surface area (Å²) in [5, 5.41) is 2.91. The summed E-state index contributed by atoms with van der Waals surface area (Å²) in [5.41, 5.74) is 3.72. The minimum atomic E-state index is -0.353. The van der Waals surface area contributed by atoms with Gasteiger partial charge in [-0.25, -0.2) is 4.98 Å². The number of nitrogens with one attached hydrogen (secondary N) is 1. The summed E-state index contributed by atoms with van der Waals surface area (Å²) in [5.74, 6) is -0.348. The van der Waals surface area contributed by atoms with Gasteiger partial charge in [0.05, 0.1) is 18.7 Å². The normalized spacial score (nSPS) is 14.3. The van der Waals surface area contributed by atoms with E-state index in [0.29, 0.717) is 31.8 Å². The summed E-state index contributed by atoms with van der Waals surface area (Å²) in [4.78, 5) is 32.0. The lowest BCUT2D eigenvalue weighted by Crippen LogP contribution is -2.40. The van der Waals surface area contributed by atoms with Gasteiger partial charge in [-0.05, 0) is 37.6 Å². The lowest BCUT2D eigenvalue weighted by atomic mass is 10.1. The van der Waals surface area contributed by atoms with Crippen LogP contribution in [0.4, 0.5) is 5.69 Å². The fourth-order valence-corrected chi connectivity index (χ4v) is 3.40. The molecule has 1 N–H and O–H groups in total. The molecule has 0 unspecified atom stereocenters. The Bertz CT molecular complexity index is 1050. The number of carbonyl (C=O) groups is 2. The van der Waals surface area contributed by atoms with E-state index in [9.17, 15) is 9.59 Å². The van der Waals surface area contributed by atoms with Crippen LogP contribution in [0.15, 0.2) is 42.6 Å². The number of carbonyl (C=O) groups excluding carboxylic acids is 2. The van der Waals surface area contributed by atoms with E-state index in [0.717, 1.165) is 16.8 Å². The van der Waals surface area contributed by atoms with E-state index < -0.39 is 0 Å². The van der Waals surface area contributed by atoms with Crippen LogP contribution in [0.1, 0.15) is 32.2 Å². The zero-order chi connectivity index (χ0) is 19.7. The van der Waals surface area contributed by atoms with Crippen LogP contribution in [-0.2, 0) is 4.74 Å². The van der Waals surface area contributed by atoms with Gasteiger partial charge in [0, 0.05) is 25.0 Å². The summed E-state index contributed by atoms with van der Waals surface area (Å²) >= 11 is 0. The van der Waals surface area contributed by atoms with Gasteiger partial charge in [0.2, 0.25) is 5.82 Å². The molecule has 0 bridgehead atoms. The molecule has 1 fully saturated rings. The third kappa shape index (κ3) is 3.36. The van der Waals surface area contributed by atoms with E-state index in [-0.39, 0.29) is 23.3 Å². The van der Waals surface area contributed by atoms with Crippen LogP contribution >= 0.6 is 0 Å². The van der Waals surface area contributed by atoms with Crippen LogP contribution < -0.4 is 5.32 Å². The Morgan fingerprint density at radius 3 is 2.64 bits per heavy atom. The Labute approximate surface area is 162 Å². The number of rotatable bonds is 3. The third-order valence-electron chi connectivity index (χ3n) is 4.88. The number of ether oxygens (including phenoxy) is 1. The van der Waals surface area contributed by atoms with E-state index in [1.54, 1.807) is 21.6 Å². The molecule has 144 valence electrons. The molecule has 2 amide bonds. The van der Waals surface area contributed by atoms with Crippen LogP contribution in [0.3, 0.4) is 0 Å². The summed E-state index contributed by atoms with van der Waals surface area (Å²) in [6, 6.07) is 11.3. The number of imidazole rings is 1. The van der Waals surface area contributed by atoms with Gasteiger partial charge in [-0.1, -0.05) is 23.8 Å². The summed E-state index contributed by atoms with van der Waals surface area (Å²) in [6.07, 6.45) is 1.75. The lowest BCUT2D eigenvalue weighted by molar-refractivity contribution is 0.0300. The molecule has 3 heterocycles. The summed E-state index contributed by atoms with van der Waals surface area (Å²) < 4.78 is 6.98. The topological polar surface area (TPSA) is 75.9 Å². The molecule has 1 aromatic carbocycles. The van der Waals surface area contributed by atoms with Crippen molar-refractivity contribution in [3.63, 3.8) is 0 Å². The Morgan fingerprint density at radius 2 is 1.89 bits per heavy atom. The predicted molar refractivity (Wildman–Crippen MR) is 106 cm³/mol. The largest absolute Gasteiger partial charge is 0.378 e. The number of benzene rings is 1. The summed E-state index contributed by atoms with van der Waals surface area (Å²) in [7, 11) is 0. The lowest BCUT2D eigenvalue weighted by Gasteiger charge is -2.26. The van der Waals surface area contributed by atoms with E-state index >= 15 is 0 Å². The number of hydrogen-bond donors (Lipinski definition) is 1. The van der Waals surface area contributed by atoms with Crippen molar-refractivity contribution in [2.75, 3.05) is 31.6 Å². The van der Waals surface area contributed by atoms with Crippen molar-refractivity contribution < 1.29 is 14.3 Å². The highest BCUT2D eigenvalue weighted by molar-refractivity contribution is 6.06. The van der Waals surface area contributed by atoms with Crippen molar-refractivity contribution in [1.82, 2.24) is 14.3 Å². The Morgan fingerprint density at radius 1 is 1.11 bits per heavy atom. The fraction of sp³-hybridized carbons (Fsp3) is 0.286. The number of morpholine rings is 1. The van der Waals surface area contributed by atoms with Crippen LogP contribution in [0.25, 0.3) is 5.52 Å². The first-order valence-corrected chi connectivity index (χ1v) is 9.27. The molecular formula is C21H22N4O3. The maximum absolute atomic E-state index is 13.0. The smallest absolute Gasteiger partial charge is 0.292 e. The first-order valence-electron chi connectivity index (χ1n) is 9.27. The number of pyridine rings is 1. The average molecular weight is 378 g/mol. The molecule has 1 aliphatic rings. The summed E-state index contributed by atoms with van der Waals surface area (Å²) in [6.45, 7) is 6.02. The van der Waals surface area contributed by atoms with Gasteiger partial charge in [0.15, 0.2) is 5.69 Å². The molecule has 3 aromatic rings. The number of anilines is 1. The molecule has 7 nitrogen and oxygen atoms in total. The second kappa shape index (κ2) is 7.44. The quantitative estimate of drug-likeness (QED) is 0.760. The fourth-order valence-electron chi connectivity index (χ4n) is 3.40. The van der Waals surface area contributed by atoms with Gasteiger partial charge in [-0.15, -0.1) is 0 Å². The highest BCUT2D eigenvalue weighted by atomic mass is 16.5. The van der Waals surface area contributed by atoms with Crippen LogP contribution in [0.2, 0.25) is 0 Å². The third-order valence-corrected chi connectivity index (χ3v) is 4.88. The second-order valence-electron chi connectivity index (χ2n) is 6.92. The number of aryl methyl sites for hydroxylation is 2. The molecule has 0 atom stereocenters. The van der Waals surface area contributed by atoms with E-state index in [2.05, 4.69) is 10.3 Å². The van der Waals surface area contributed by atoms with E-state index in [1.165, 1.54) is 0 Å². The molecule has 4 rings (SSSR count). The van der Waals surface area contributed by atoms with Gasteiger partial charge in [-0.2, -0.15) is 0 Å². The zero-order valence-corrected chi connectivity index (χ0v) is 15.9. The molecule has 0 aliphatic carbocycles. The van der Waals surface area contributed by atoms with Crippen molar-refractivity contribution in [1.29, 1.82) is 0 Å². The average Bonchev–Trinajstić information content (AvgIpc) is 3.10. The Hall–Kier alpha value is -3.19. The van der Waals surface area contributed by atoms with Crippen LogP contribution in [-0.4, -0.2) is 52.4 Å². The van der Waals surface area contributed by atoms with Gasteiger partial charge < -0.3 is 15.0 Å².